The van der Waals surface area contributed by atoms with E-state index >= 15 is 0 Å². The molecule has 0 saturated heterocycles. The van der Waals surface area contributed by atoms with Gasteiger partial charge in [0, 0.05) is 0 Å². The molecule has 0 radical (unpaired) electrons. The lowest BCUT2D eigenvalue weighted by Crippen LogP contribution is -2.24. The second-order valence-electron chi connectivity index (χ2n) is 5.47. The van der Waals surface area contributed by atoms with Gasteiger partial charge in [-0.1, -0.05) is 12.1 Å². The van der Waals surface area contributed by atoms with Gasteiger partial charge >= 0.3 is 0 Å². The number of carbonyl (C=O) groups excluding carboxylic acids is 2. The number of hydrazone groups is 1. The molecule has 0 saturated carbocycles. The summed E-state index contributed by atoms with van der Waals surface area (Å²) in [6.07, 6.45) is 0.937. The predicted molar refractivity (Wildman–Crippen MR) is 112 cm³/mol. The lowest BCUT2D eigenvalue weighted by Gasteiger charge is -2.11. The van der Waals surface area contributed by atoms with Gasteiger partial charge in [0.1, 0.15) is 12.2 Å². The second kappa shape index (κ2) is 10.6. The summed E-state index contributed by atoms with van der Waals surface area (Å²) >= 11 is 2.11. The minimum absolute atomic E-state index is 0.0139. The standard InChI is InChI=1S/C19H19FIN3O4/c1-3-28-16-9-12(8-14(21)19(16)27-2)11-22-24-18(26)10-17(25)23-15-7-5-4-6-13(15)20/h4-9,11H,3,10H2,1-2H3,(H,23,25)(H,24,26). The Morgan fingerprint density at radius 2 is 2.00 bits per heavy atom. The number of methoxy groups -OCH3 is 1. The van der Waals surface area contributed by atoms with Crippen LogP contribution in [0.4, 0.5) is 10.1 Å². The maximum Gasteiger partial charge on any atom is 0.249 e. The third-order valence-corrected chi connectivity index (χ3v) is 4.21. The van der Waals surface area contributed by atoms with Gasteiger partial charge in [-0.3, -0.25) is 9.59 Å². The van der Waals surface area contributed by atoms with Gasteiger partial charge in [-0.05, 0) is 59.3 Å². The van der Waals surface area contributed by atoms with Crippen LogP contribution in [0.15, 0.2) is 41.5 Å². The Morgan fingerprint density at radius 1 is 1.25 bits per heavy atom. The average molecular weight is 499 g/mol. The zero-order valence-corrected chi connectivity index (χ0v) is 17.4. The summed E-state index contributed by atoms with van der Waals surface area (Å²) in [6, 6.07) is 9.24. The molecule has 9 heteroatoms. The minimum Gasteiger partial charge on any atom is -0.492 e. The van der Waals surface area contributed by atoms with E-state index in [-0.39, 0.29) is 5.69 Å². The smallest absolute Gasteiger partial charge is 0.249 e. The van der Waals surface area contributed by atoms with E-state index in [0.29, 0.717) is 23.7 Å². The molecular formula is C19H19FIN3O4. The van der Waals surface area contributed by atoms with Crippen LogP contribution in [0.2, 0.25) is 0 Å². The first-order valence-electron chi connectivity index (χ1n) is 8.31. The Morgan fingerprint density at radius 3 is 2.68 bits per heavy atom. The van der Waals surface area contributed by atoms with E-state index in [1.165, 1.54) is 24.4 Å². The van der Waals surface area contributed by atoms with E-state index in [0.717, 1.165) is 3.57 Å². The number of hydrogen-bond donors (Lipinski definition) is 2. The quantitative estimate of drug-likeness (QED) is 0.253. The number of benzene rings is 2. The highest BCUT2D eigenvalue weighted by atomic mass is 127. The van der Waals surface area contributed by atoms with Crippen molar-refractivity contribution < 1.29 is 23.5 Å². The van der Waals surface area contributed by atoms with Crippen molar-refractivity contribution in [3.8, 4) is 11.5 Å². The molecule has 28 heavy (non-hydrogen) atoms. The van der Waals surface area contributed by atoms with Gasteiger partial charge in [0.05, 0.1) is 29.2 Å². The van der Waals surface area contributed by atoms with E-state index in [1.807, 2.05) is 13.0 Å². The number of halogens is 2. The molecule has 0 bridgehead atoms. The normalized spacial score (nSPS) is 10.6. The summed E-state index contributed by atoms with van der Waals surface area (Å²) in [6.45, 7) is 2.33. The number of anilines is 1. The van der Waals surface area contributed by atoms with Gasteiger partial charge in [-0.15, -0.1) is 0 Å². The summed E-state index contributed by atoms with van der Waals surface area (Å²) in [5.41, 5.74) is 2.96. The Labute approximate surface area is 175 Å². The first-order chi connectivity index (χ1) is 13.4. The third kappa shape index (κ3) is 6.19. The topological polar surface area (TPSA) is 89.0 Å². The van der Waals surface area contributed by atoms with Crippen LogP contribution in [-0.2, 0) is 9.59 Å². The molecule has 2 rings (SSSR count). The van der Waals surface area contributed by atoms with Crippen molar-refractivity contribution in [1.29, 1.82) is 0 Å². The lowest BCUT2D eigenvalue weighted by molar-refractivity contribution is -0.126. The number of rotatable bonds is 8. The zero-order chi connectivity index (χ0) is 20.5. The summed E-state index contributed by atoms with van der Waals surface area (Å²) in [5.74, 6) is -0.662. The number of para-hydroxylation sites is 1. The number of hydrogen-bond acceptors (Lipinski definition) is 5. The second-order valence-corrected chi connectivity index (χ2v) is 6.63. The molecule has 0 spiro atoms. The molecule has 0 aliphatic rings. The van der Waals surface area contributed by atoms with Crippen LogP contribution in [0.1, 0.15) is 18.9 Å². The fourth-order valence-electron chi connectivity index (χ4n) is 2.24. The number of nitrogens with zero attached hydrogens (tertiary/aromatic N) is 1. The number of amides is 2. The van der Waals surface area contributed by atoms with Crippen molar-refractivity contribution in [2.24, 2.45) is 5.10 Å². The van der Waals surface area contributed by atoms with Crippen LogP contribution in [-0.4, -0.2) is 31.7 Å². The molecule has 7 nitrogen and oxygen atoms in total. The number of carbonyl (C=O) groups is 2. The van der Waals surface area contributed by atoms with Gasteiger partial charge in [0.25, 0.3) is 0 Å². The van der Waals surface area contributed by atoms with Crippen molar-refractivity contribution in [3.05, 3.63) is 51.3 Å². The molecule has 2 amide bonds. The Kier molecular flexibility index (Phi) is 8.18. The van der Waals surface area contributed by atoms with E-state index < -0.39 is 24.1 Å². The Hall–Kier alpha value is -2.69. The molecule has 0 aromatic heterocycles. The summed E-state index contributed by atoms with van der Waals surface area (Å²) in [4.78, 5) is 23.6. The molecule has 0 aliphatic heterocycles. The van der Waals surface area contributed by atoms with Crippen LogP contribution in [0.25, 0.3) is 0 Å². The van der Waals surface area contributed by atoms with Crippen molar-refractivity contribution in [2.45, 2.75) is 13.3 Å². The number of ether oxygens (including phenoxy) is 2. The first-order valence-corrected chi connectivity index (χ1v) is 9.39. The summed E-state index contributed by atoms with van der Waals surface area (Å²) in [7, 11) is 1.56. The number of nitrogens with one attached hydrogen (secondary N) is 2. The van der Waals surface area contributed by atoms with Crippen LogP contribution < -0.4 is 20.2 Å². The van der Waals surface area contributed by atoms with E-state index in [2.05, 4.69) is 38.4 Å². The predicted octanol–water partition coefficient (Wildman–Crippen LogP) is 3.32. The zero-order valence-electron chi connectivity index (χ0n) is 15.3. The molecule has 0 aliphatic carbocycles. The first kappa shape index (κ1) is 21.6. The molecule has 0 heterocycles. The van der Waals surface area contributed by atoms with Gasteiger partial charge in [-0.2, -0.15) is 5.10 Å². The highest BCUT2D eigenvalue weighted by Gasteiger charge is 2.12. The third-order valence-electron chi connectivity index (χ3n) is 3.41. The van der Waals surface area contributed by atoms with Crippen molar-refractivity contribution in [1.82, 2.24) is 5.43 Å². The molecule has 2 N–H and O–H groups in total. The molecule has 2 aromatic rings. The Bertz CT molecular complexity index is 889. The largest absolute Gasteiger partial charge is 0.492 e. The maximum absolute atomic E-state index is 13.5. The van der Waals surface area contributed by atoms with E-state index in [1.54, 1.807) is 19.2 Å². The minimum atomic E-state index is -0.643. The molecule has 0 unspecified atom stereocenters. The highest BCUT2D eigenvalue weighted by molar-refractivity contribution is 14.1. The SMILES string of the molecule is CCOc1cc(C=NNC(=O)CC(=O)Nc2ccccc2F)cc(I)c1OC. The van der Waals surface area contributed by atoms with Crippen molar-refractivity contribution >= 4 is 46.3 Å². The lowest BCUT2D eigenvalue weighted by atomic mass is 10.2. The molecular weight excluding hydrogens is 480 g/mol. The van der Waals surface area contributed by atoms with Crippen molar-refractivity contribution in [2.75, 3.05) is 19.0 Å². The molecule has 148 valence electrons. The molecule has 0 fully saturated rings. The van der Waals surface area contributed by atoms with Gasteiger partial charge < -0.3 is 14.8 Å². The summed E-state index contributed by atoms with van der Waals surface area (Å²) in [5, 5.41) is 6.17. The van der Waals surface area contributed by atoms with Crippen LogP contribution in [0, 0.1) is 9.39 Å². The van der Waals surface area contributed by atoms with Gasteiger partial charge in [0.2, 0.25) is 11.8 Å². The molecule has 0 atom stereocenters. The van der Waals surface area contributed by atoms with Crippen LogP contribution in [0.5, 0.6) is 11.5 Å². The van der Waals surface area contributed by atoms with Gasteiger partial charge in [-0.25, -0.2) is 9.82 Å². The van der Waals surface area contributed by atoms with Crippen molar-refractivity contribution in [3.63, 3.8) is 0 Å². The maximum atomic E-state index is 13.5. The van der Waals surface area contributed by atoms with Crippen LogP contribution >= 0.6 is 22.6 Å². The van der Waals surface area contributed by atoms with E-state index in [9.17, 15) is 14.0 Å². The fraction of sp³-hybridized carbons (Fsp3) is 0.211. The summed E-state index contributed by atoms with van der Waals surface area (Å²) < 4.78 is 25.2. The Balaban J connectivity index is 1.94. The highest BCUT2D eigenvalue weighted by Crippen LogP contribution is 2.33. The monoisotopic (exact) mass is 499 g/mol. The average Bonchev–Trinajstić information content (AvgIpc) is 2.64. The van der Waals surface area contributed by atoms with Crippen LogP contribution in [0.3, 0.4) is 0 Å². The molecule has 2 aromatic carbocycles. The van der Waals surface area contributed by atoms with E-state index in [4.69, 9.17) is 9.47 Å². The fourth-order valence-corrected chi connectivity index (χ4v) is 3.09. The van der Waals surface area contributed by atoms with Gasteiger partial charge in [0.15, 0.2) is 11.5 Å².